The number of hydrogen-bond acceptors (Lipinski definition) is 4. The number of nitrogens with one attached hydrogen (secondary N) is 1. The van der Waals surface area contributed by atoms with Crippen LogP contribution < -0.4 is 4.74 Å². The molecular formula is C26H23N3O2. The number of ether oxygens (including phenoxy) is 1. The van der Waals surface area contributed by atoms with Crippen molar-refractivity contribution in [2.75, 3.05) is 7.05 Å². The van der Waals surface area contributed by atoms with E-state index >= 15 is 0 Å². The van der Waals surface area contributed by atoms with E-state index in [1.807, 2.05) is 54.7 Å². The topological polar surface area (TPSA) is 67.3 Å². The zero-order chi connectivity index (χ0) is 21.6. The third-order valence-electron chi connectivity index (χ3n) is 6.02. The third kappa shape index (κ3) is 3.13. The molecule has 5 rings (SSSR count). The van der Waals surface area contributed by atoms with Gasteiger partial charge in [0.05, 0.1) is 5.56 Å². The fraction of sp³-hybridized carbons (Fsp3) is 0.192. The molecule has 31 heavy (non-hydrogen) atoms. The van der Waals surface area contributed by atoms with Crippen LogP contribution in [0.1, 0.15) is 52.2 Å². The molecule has 0 unspecified atom stereocenters. The lowest BCUT2D eigenvalue weighted by Crippen LogP contribution is -2.30. The summed E-state index contributed by atoms with van der Waals surface area (Å²) < 4.78 is 5.97. The zero-order valence-electron chi connectivity index (χ0n) is 17.8. The molecule has 2 aromatic heterocycles. The molecule has 0 aliphatic heterocycles. The number of nitrogens with zero attached hydrogens (tertiary/aromatic N) is 2. The summed E-state index contributed by atoms with van der Waals surface area (Å²) in [5, 5.41) is 0.940. The minimum absolute atomic E-state index is 0.0295. The van der Waals surface area contributed by atoms with Crippen LogP contribution in [0.2, 0.25) is 0 Å². The van der Waals surface area contributed by atoms with Crippen LogP contribution in [0.25, 0.3) is 10.9 Å². The maximum Gasteiger partial charge on any atom is 0.195 e. The van der Waals surface area contributed by atoms with Crippen molar-refractivity contribution in [1.29, 1.82) is 0 Å². The highest BCUT2D eigenvalue weighted by atomic mass is 16.5. The second-order valence-electron chi connectivity index (χ2n) is 8.37. The Bertz CT molecular complexity index is 1330. The lowest BCUT2D eigenvalue weighted by molar-refractivity contribution is 0.103. The molecule has 0 saturated heterocycles. The summed E-state index contributed by atoms with van der Waals surface area (Å²) in [5.41, 5.74) is 6.06. The van der Waals surface area contributed by atoms with E-state index in [1.165, 1.54) is 0 Å². The van der Waals surface area contributed by atoms with Crippen LogP contribution in [0.4, 0.5) is 0 Å². The summed E-state index contributed by atoms with van der Waals surface area (Å²) in [6.07, 6.45) is 5.30. The van der Waals surface area contributed by atoms with Gasteiger partial charge in [-0.05, 0) is 47.0 Å². The molecule has 1 aliphatic rings. The maximum atomic E-state index is 13.6. The van der Waals surface area contributed by atoms with Crippen molar-refractivity contribution in [3.63, 3.8) is 0 Å². The van der Waals surface area contributed by atoms with Crippen molar-refractivity contribution < 1.29 is 9.53 Å². The molecule has 4 aromatic rings. The van der Waals surface area contributed by atoms with Crippen LogP contribution in [-0.2, 0) is 12.0 Å². The molecule has 0 bridgehead atoms. The normalized spacial score (nSPS) is 14.6. The van der Waals surface area contributed by atoms with Crippen molar-refractivity contribution in [2.24, 2.45) is 4.99 Å². The molecule has 2 heterocycles. The van der Waals surface area contributed by atoms with Gasteiger partial charge in [-0.25, -0.2) is 0 Å². The third-order valence-corrected chi connectivity index (χ3v) is 6.02. The Morgan fingerprint density at radius 2 is 1.90 bits per heavy atom. The number of H-pyrrole nitrogens is 1. The number of rotatable bonds is 4. The average molecular weight is 409 g/mol. The lowest BCUT2D eigenvalue weighted by atomic mass is 9.71. The molecule has 154 valence electrons. The molecule has 1 aliphatic carbocycles. The minimum Gasteiger partial charge on any atom is -0.489 e. The standard InChI is InChI=1S/C26H23N3O2/c1-26(2)21-7-5-18(31-15-16-8-10-28-11-9-16)13-20(21)24(30)23-19-6-4-17(14-27-3)12-22(19)29-25(23)26/h4-14,29H,15H2,1-3H3. The van der Waals surface area contributed by atoms with Crippen LogP contribution in [-0.4, -0.2) is 29.0 Å². The van der Waals surface area contributed by atoms with Gasteiger partial charge in [-0.2, -0.15) is 0 Å². The predicted molar refractivity (Wildman–Crippen MR) is 122 cm³/mol. The number of carbonyl (C=O) groups excluding carboxylic acids is 1. The largest absolute Gasteiger partial charge is 0.489 e. The highest BCUT2D eigenvalue weighted by molar-refractivity contribution is 6.20. The van der Waals surface area contributed by atoms with Gasteiger partial charge in [0, 0.05) is 53.2 Å². The van der Waals surface area contributed by atoms with E-state index in [1.54, 1.807) is 19.4 Å². The molecule has 0 amide bonds. The summed E-state index contributed by atoms with van der Waals surface area (Å²) in [4.78, 5) is 25.2. The van der Waals surface area contributed by atoms with Crippen molar-refractivity contribution in [1.82, 2.24) is 9.97 Å². The number of carbonyl (C=O) groups is 1. The number of pyridine rings is 1. The SMILES string of the molecule is CN=Cc1ccc2c3c([nH]c2c1)C(C)(C)c1ccc(OCc2ccncc2)cc1C3=O. The van der Waals surface area contributed by atoms with Gasteiger partial charge < -0.3 is 9.72 Å². The van der Waals surface area contributed by atoms with Crippen molar-refractivity contribution >= 4 is 22.9 Å². The second-order valence-corrected chi connectivity index (χ2v) is 8.37. The van der Waals surface area contributed by atoms with E-state index in [0.717, 1.165) is 38.9 Å². The fourth-order valence-corrected chi connectivity index (χ4v) is 4.41. The molecule has 0 fully saturated rings. The van der Waals surface area contributed by atoms with Crippen LogP contribution in [0, 0.1) is 0 Å². The number of ketones is 1. The van der Waals surface area contributed by atoms with E-state index in [-0.39, 0.29) is 11.2 Å². The average Bonchev–Trinajstić information content (AvgIpc) is 3.17. The maximum absolute atomic E-state index is 13.6. The first-order valence-corrected chi connectivity index (χ1v) is 10.3. The van der Waals surface area contributed by atoms with Crippen LogP contribution >= 0.6 is 0 Å². The monoisotopic (exact) mass is 409 g/mol. The van der Waals surface area contributed by atoms with Crippen molar-refractivity contribution in [2.45, 2.75) is 25.9 Å². The van der Waals surface area contributed by atoms with Gasteiger partial charge in [0.1, 0.15) is 12.4 Å². The predicted octanol–water partition coefficient (Wildman–Crippen LogP) is 5.06. The summed E-state index contributed by atoms with van der Waals surface area (Å²) in [6.45, 7) is 4.73. The van der Waals surface area contributed by atoms with Crippen LogP contribution in [0.5, 0.6) is 5.75 Å². The molecule has 0 atom stereocenters. The van der Waals surface area contributed by atoms with E-state index in [0.29, 0.717) is 17.9 Å². The Labute approximate surface area is 180 Å². The molecule has 5 nitrogen and oxygen atoms in total. The first-order valence-electron chi connectivity index (χ1n) is 10.3. The molecular weight excluding hydrogens is 386 g/mol. The fourth-order valence-electron chi connectivity index (χ4n) is 4.41. The first kappa shape index (κ1) is 19.2. The molecule has 0 saturated carbocycles. The van der Waals surface area contributed by atoms with Gasteiger partial charge in [0.15, 0.2) is 5.78 Å². The Morgan fingerprint density at radius 1 is 1.10 bits per heavy atom. The Balaban J connectivity index is 1.57. The summed E-state index contributed by atoms with van der Waals surface area (Å²) >= 11 is 0. The van der Waals surface area contributed by atoms with E-state index in [4.69, 9.17) is 4.74 Å². The number of aliphatic imine (C=N–C) groups is 1. The first-order chi connectivity index (χ1) is 15.0. The minimum atomic E-state index is -0.333. The Morgan fingerprint density at radius 3 is 2.68 bits per heavy atom. The van der Waals surface area contributed by atoms with Gasteiger partial charge in [-0.3, -0.25) is 14.8 Å². The highest BCUT2D eigenvalue weighted by Gasteiger charge is 2.39. The zero-order valence-corrected chi connectivity index (χ0v) is 17.8. The van der Waals surface area contributed by atoms with Crippen molar-refractivity contribution in [3.05, 3.63) is 94.4 Å². The lowest BCUT2D eigenvalue weighted by Gasteiger charge is -2.32. The van der Waals surface area contributed by atoms with Gasteiger partial charge in [0.25, 0.3) is 0 Å². The number of hydrogen-bond donors (Lipinski definition) is 1. The van der Waals surface area contributed by atoms with Crippen LogP contribution in [0.15, 0.2) is 65.9 Å². The number of aromatic nitrogens is 2. The summed E-state index contributed by atoms with van der Waals surface area (Å²) in [5.74, 6) is 0.714. The van der Waals surface area contributed by atoms with Gasteiger partial charge in [-0.1, -0.05) is 32.0 Å². The van der Waals surface area contributed by atoms with Crippen LogP contribution in [0.3, 0.4) is 0 Å². The van der Waals surface area contributed by atoms with E-state index in [2.05, 4.69) is 28.8 Å². The molecule has 2 aromatic carbocycles. The number of fused-ring (bicyclic) bond motifs is 4. The summed E-state index contributed by atoms with van der Waals surface area (Å²) in [6, 6.07) is 15.7. The number of benzene rings is 2. The van der Waals surface area contributed by atoms with Gasteiger partial charge in [-0.15, -0.1) is 0 Å². The van der Waals surface area contributed by atoms with Crippen molar-refractivity contribution in [3.8, 4) is 5.75 Å². The molecule has 0 radical (unpaired) electrons. The van der Waals surface area contributed by atoms with Gasteiger partial charge in [0.2, 0.25) is 0 Å². The molecule has 0 spiro atoms. The Kier molecular flexibility index (Phi) is 4.47. The van der Waals surface area contributed by atoms with E-state index in [9.17, 15) is 4.79 Å². The highest BCUT2D eigenvalue weighted by Crippen LogP contribution is 2.44. The second kappa shape index (κ2) is 7.20. The molecule has 5 heteroatoms. The summed E-state index contributed by atoms with van der Waals surface area (Å²) in [7, 11) is 1.75. The Hall–Kier alpha value is -3.73. The smallest absolute Gasteiger partial charge is 0.195 e. The van der Waals surface area contributed by atoms with Gasteiger partial charge >= 0.3 is 0 Å². The number of aromatic amines is 1. The molecule has 1 N–H and O–H groups in total. The van der Waals surface area contributed by atoms with E-state index < -0.39 is 0 Å². The quantitative estimate of drug-likeness (QED) is 0.479.